The first-order valence-corrected chi connectivity index (χ1v) is 7.18. The lowest BCUT2D eigenvalue weighted by Crippen LogP contribution is -1.97. The molecular weight excluding hydrogens is 212 g/mol. The average Bonchev–Trinajstić information content (AvgIpc) is 2.32. The molecule has 0 spiro atoms. The van der Waals surface area contributed by atoms with Crippen molar-refractivity contribution in [3.05, 3.63) is 12.3 Å². The number of ether oxygens (including phenoxy) is 1. The van der Waals surface area contributed by atoms with Crippen LogP contribution in [0, 0.1) is 0 Å². The Morgan fingerprint density at radius 2 is 1.47 bits per heavy atom. The summed E-state index contributed by atoms with van der Waals surface area (Å²) in [6.45, 7) is 0.856. The molecule has 1 aliphatic heterocycles. The van der Waals surface area contributed by atoms with Gasteiger partial charge in [0.25, 0.3) is 0 Å². The molecule has 17 heavy (non-hydrogen) atoms. The molecule has 0 aliphatic carbocycles. The maximum Gasteiger partial charge on any atom is 0.132 e. The Kier molecular flexibility index (Phi) is 8.71. The van der Waals surface area contributed by atoms with Crippen molar-refractivity contribution in [2.75, 3.05) is 6.61 Å². The first kappa shape index (κ1) is 14.3. The van der Waals surface area contributed by atoms with Gasteiger partial charge in [0.05, 0.1) is 12.9 Å². The highest BCUT2D eigenvalue weighted by atomic mass is 16.5. The second-order valence-electron chi connectivity index (χ2n) is 4.90. The van der Waals surface area contributed by atoms with Crippen LogP contribution in [0.1, 0.15) is 70.6 Å². The highest BCUT2D eigenvalue weighted by Gasteiger charge is 2.01. The number of hydrogen-bond acceptors (Lipinski definition) is 2. The van der Waals surface area contributed by atoms with Crippen LogP contribution in [0.4, 0.5) is 0 Å². The lowest BCUT2D eigenvalue weighted by atomic mass is 10.0. The summed E-state index contributed by atoms with van der Waals surface area (Å²) < 4.78 is 5.41. The molecule has 0 amide bonds. The molecule has 0 fully saturated rings. The minimum Gasteiger partial charge on any atom is -0.502 e. The summed E-state index contributed by atoms with van der Waals surface area (Å²) in [7, 11) is 0. The van der Waals surface area contributed by atoms with Crippen LogP contribution in [-0.4, -0.2) is 12.4 Å². The van der Waals surface area contributed by atoms with Crippen LogP contribution in [0.25, 0.3) is 0 Å². The van der Waals surface area contributed by atoms with Gasteiger partial charge in [-0.2, -0.15) is 0 Å². The highest BCUT2D eigenvalue weighted by molar-refractivity contribution is 5.78. The highest BCUT2D eigenvalue weighted by Crippen LogP contribution is 2.10. The normalized spacial score (nSPS) is 23.9. The molecule has 98 valence electrons. The Hall–Kier alpha value is -0.790. The summed E-state index contributed by atoms with van der Waals surface area (Å²) in [6, 6.07) is 0. The van der Waals surface area contributed by atoms with E-state index in [4.69, 9.17) is 4.74 Å². The monoisotopic (exact) mass is 238 g/mol. The molecule has 1 aliphatic rings. The van der Waals surface area contributed by atoms with Crippen molar-refractivity contribution < 1.29 is 9.53 Å². The number of Topliss-reactive ketones (excluding diaryl/α,β-unsaturated/α-hetero) is 1. The molecule has 0 radical (unpaired) electrons. The van der Waals surface area contributed by atoms with E-state index >= 15 is 0 Å². The SMILES string of the molecule is O=C1CCCC/C=C\OCCCCCCCC1. The lowest BCUT2D eigenvalue weighted by Gasteiger charge is -2.04. The second-order valence-corrected chi connectivity index (χ2v) is 4.90. The van der Waals surface area contributed by atoms with Crippen LogP contribution in [0.15, 0.2) is 12.3 Å². The van der Waals surface area contributed by atoms with Crippen molar-refractivity contribution >= 4 is 5.78 Å². The van der Waals surface area contributed by atoms with Crippen molar-refractivity contribution in [3.63, 3.8) is 0 Å². The predicted molar refractivity (Wildman–Crippen MR) is 70.9 cm³/mol. The molecule has 1 heterocycles. The fraction of sp³-hybridized carbons (Fsp3) is 0.800. The van der Waals surface area contributed by atoms with E-state index in [2.05, 4.69) is 6.08 Å². The number of ketones is 1. The van der Waals surface area contributed by atoms with E-state index in [0.717, 1.165) is 51.6 Å². The largest absolute Gasteiger partial charge is 0.502 e. The summed E-state index contributed by atoms with van der Waals surface area (Å²) in [5.41, 5.74) is 0. The van der Waals surface area contributed by atoms with Gasteiger partial charge < -0.3 is 4.74 Å². The molecule has 0 bridgehead atoms. The molecule has 0 N–H and O–H groups in total. The van der Waals surface area contributed by atoms with E-state index in [1.807, 2.05) is 6.26 Å². The first-order valence-electron chi connectivity index (χ1n) is 7.18. The van der Waals surface area contributed by atoms with Crippen LogP contribution < -0.4 is 0 Å². The van der Waals surface area contributed by atoms with Crippen molar-refractivity contribution in [2.24, 2.45) is 0 Å². The van der Waals surface area contributed by atoms with Gasteiger partial charge in [0, 0.05) is 12.8 Å². The maximum atomic E-state index is 11.5. The maximum absolute atomic E-state index is 11.5. The molecule has 2 heteroatoms. The average molecular weight is 238 g/mol. The number of rotatable bonds is 0. The Bertz CT molecular complexity index is 221. The van der Waals surface area contributed by atoms with Crippen molar-refractivity contribution in [3.8, 4) is 0 Å². The zero-order chi connectivity index (χ0) is 12.2. The molecule has 2 nitrogen and oxygen atoms in total. The Balaban J connectivity index is 2.18. The molecule has 0 atom stereocenters. The summed E-state index contributed by atoms with van der Waals surface area (Å²) in [6.07, 6.45) is 15.9. The van der Waals surface area contributed by atoms with Gasteiger partial charge in [-0.05, 0) is 38.2 Å². The van der Waals surface area contributed by atoms with E-state index in [1.165, 1.54) is 25.7 Å². The van der Waals surface area contributed by atoms with E-state index in [9.17, 15) is 4.79 Å². The fourth-order valence-corrected chi connectivity index (χ4v) is 2.13. The molecular formula is C15H26O2. The van der Waals surface area contributed by atoms with Gasteiger partial charge >= 0.3 is 0 Å². The summed E-state index contributed by atoms with van der Waals surface area (Å²) >= 11 is 0. The molecule has 0 unspecified atom stereocenters. The van der Waals surface area contributed by atoms with Crippen LogP contribution in [-0.2, 0) is 9.53 Å². The zero-order valence-corrected chi connectivity index (χ0v) is 11.0. The van der Waals surface area contributed by atoms with Gasteiger partial charge in [-0.25, -0.2) is 0 Å². The van der Waals surface area contributed by atoms with Crippen molar-refractivity contribution in [1.82, 2.24) is 0 Å². The number of hydrogen-bond donors (Lipinski definition) is 0. The predicted octanol–water partition coefficient (Wildman–Crippen LogP) is 4.39. The minimum absolute atomic E-state index is 0.456. The molecule has 0 saturated heterocycles. The summed E-state index contributed by atoms with van der Waals surface area (Å²) in [5.74, 6) is 0.456. The zero-order valence-electron chi connectivity index (χ0n) is 11.0. The van der Waals surface area contributed by atoms with Gasteiger partial charge in [-0.15, -0.1) is 0 Å². The van der Waals surface area contributed by atoms with Gasteiger partial charge in [-0.1, -0.05) is 25.7 Å². The Morgan fingerprint density at radius 3 is 2.29 bits per heavy atom. The third-order valence-corrected chi connectivity index (χ3v) is 3.24. The van der Waals surface area contributed by atoms with Crippen LogP contribution >= 0.6 is 0 Å². The minimum atomic E-state index is 0.456. The van der Waals surface area contributed by atoms with Gasteiger partial charge in [-0.3, -0.25) is 4.79 Å². The number of allylic oxidation sites excluding steroid dienone is 1. The van der Waals surface area contributed by atoms with Crippen LogP contribution in [0.3, 0.4) is 0 Å². The molecule has 1 rings (SSSR count). The second kappa shape index (κ2) is 10.4. The third-order valence-electron chi connectivity index (χ3n) is 3.24. The van der Waals surface area contributed by atoms with Crippen LogP contribution in [0.5, 0.6) is 0 Å². The third kappa shape index (κ3) is 8.96. The smallest absolute Gasteiger partial charge is 0.132 e. The lowest BCUT2D eigenvalue weighted by molar-refractivity contribution is -0.119. The number of carbonyl (C=O) groups is 1. The van der Waals surface area contributed by atoms with E-state index in [0.29, 0.717) is 5.78 Å². The Morgan fingerprint density at radius 1 is 0.824 bits per heavy atom. The van der Waals surface area contributed by atoms with E-state index in [-0.39, 0.29) is 0 Å². The fourth-order valence-electron chi connectivity index (χ4n) is 2.13. The van der Waals surface area contributed by atoms with E-state index < -0.39 is 0 Å². The first-order chi connectivity index (χ1) is 8.39. The molecule has 0 aromatic heterocycles. The van der Waals surface area contributed by atoms with E-state index in [1.54, 1.807) is 0 Å². The van der Waals surface area contributed by atoms with Gasteiger partial charge in [0.15, 0.2) is 0 Å². The Labute approximate surface area is 105 Å². The molecule has 0 saturated carbocycles. The molecule has 0 aromatic carbocycles. The van der Waals surface area contributed by atoms with Crippen LogP contribution in [0.2, 0.25) is 0 Å². The summed E-state index contributed by atoms with van der Waals surface area (Å²) in [5, 5.41) is 0. The quantitative estimate of drug-likeness (QED) is 0.625. The topological polar surface area (TPSA) is 26.3 Å². The standard InChI is InChI=1S/C15H26O2/c16-15-11-7-3-1-2-5-9-13-17-14-10-6-4-8-12-15/h10,14H,1-9,11-13H2/b14-10-. The van der Waals surface area contributed by atoms with Gasteiger partial charge in [0.1, 0.15) is 5.78 Å². The molecule has 0 aromatic rings. The van der Waals surface area contributed by atoms with Crippen molar-refractivity contribution in [1.29, 1.82) is 0 Å². The van der Waals surface area contributed by atoms with Crippen molar-refractivity contribution in [2.45, 2.75) is 70.6 Å². The number of carbonyl (C=O) groups excluding carboxylic acids is 1. The van der Waals surface area contributed by atoms with Gasteiger partial charge in [0.2, 0.25) is 0 Å². The summed E-state index contributed by atoms with van der Waals surface area (Å²) in [4.78, 5) is 11.5.